The van der Waals surface area contributed by atoms with E-state index in [-0.39, 0.29) is 0 Å². The average Bonchev–Trinajstić information content (AvgIpc) is 4.11. The summed E-state index contributed by atoms with van der Waals surface area (Å²) in [6, 6.07) is 78.0. The van der Waals surface area contributed by atoms with Crippen molar-refractivity contribution >= 4 is 65.4 Å². The molecule has 0 atom stereocenters. The maximum Gasteiger partial charge on any atom is 0.121 e. The monoisotopic (exact) mass is 792 g/mol. The van der Waals surface area contributed by atoms with Crippen LogP contribution in [0.4, 0.5) is 0 Å². The van der Waals surface area contributed by atoms with Crippen LogP contribution in [-0.4, -0.2) is 28.7 Å². The number of nitrogens with zero attached hydrogens (tertiary/aromatic N) is 6. The lowest BCUT2D eigenvalue weighted by Gasteiger charge is -2.15. The van der Waals surface area contributed by atoms with E-state index in [9.17, 15) is 0 Å². The molecule has 62 heavy (non-hydrogen) atoms. The van der Waals surface area contributed by atoms with Gasteiger partial charge in [0.1, 0.15) is 11.4 Å². The molecule has 0 aliphatic rings. The molecule has 0 spiro atoms. The van der Waals surface area contributed by atoms with E-state index in [1.165, 1.54) is 38.0 Å². The molecule has 0 aliphatic carbocycles. The largest absolute Gasteiger partial charge is 0.309 e. The molecular formula is C56H36N6. The van der Waals surface area contributed by atoms with Gasteiger partial charge in [-0.25, -0.2) is 4.68 Å². The number of benzene rings is 9. The van der Waals surface area contributed by atoms with Crippen LogP contribution in [-0.2, 0) is 0 Å². The Morgan fingerprint density at radius 1 is 0.323 bits per heavy atom. The molecule has 290 valence electrons. The van der Waals surface area contributed by atoms with Gasteiger partial charge in [0.2, 0.25) is 0 Å². The highest BCUT2D eigenvalue weighted by molar-refractivity contribution is 6.26. The minimum absolute atomic E-state index is 0.838. The maximum atomic E-state index is 4.94. The Morgan fingerprint density at radius 2 is 0.823 bits per heavy atom. The number of hydrogen-bond donors (Lipinski definition) is 0. The quantitative estimate of drug-likeness (QED) is 0.168. The van der Waals surface area contributed by atoms with Gasteiger partial charge < -0.3 is 13.7 Å². The van der Waals surface area contributed by atoms with E-state index in [2.05, 4.69) is 220 Å². The first-order chi connectivity index (χ1) is 30.8. The second-order valence-electron chi connectivity index (χ2n) is 15.9. The highest BCUT2D eigenvalue weighted by Crippen LogP contribution is 2.43. The van der Waals surface area contributed by atoms with Gasteiger partial charge in [0.05, 0.1) is 38.8 Å². The second-order valence-corrected chi connectivity index (χ2v) is 15.9. The Bertz CT molecular complexity index is 3850. The summed E-state index contributed by atoms with van der Waals surface area (Å²) in [5, 5.41) is 17.1. The summed E-state index contributed by atoms with van der Waals surface area (Å²) in [6.45, 7) is 0. The number of hydrogen-bond acceptors (Lipinski definition) is 2. The highest BCUT2D eigenvalue weighted by atomic mass is 15.4. The molecule has 4 aromatic heterocycles. The average molecular weight is 793 g/mol. The topological polar surface area (TPSA) is 45.5 Å². The summed E-state index contributed by atoms with van der Waals surface area (Å²) >= 11 is 0. The molecule has 0 saturated carbocycles. The molecule has 0 unspecified atom stereocenters. The van der Waals surface area contributed by atoms with Crippen molar-refractivity contribution in [3.05, 3.63) is 218 Å². The molecule has 0 amide bonds. The van der Waals surface area contributed by atoms with Gasteiger partial charge in [-0.05, 0) is 60.7 Å². The molecule has 9 aromatic carbocycles. The second kappa shape index (κ2) is 13.5. The Hall–Kier alpha value is -8.48. The molecular weight excluding hydrogens is 757 g/mol. The summed E-state index contributed by atoms with van der Waals surface area (Å²) in [7, 11) is 0. The van der Waals surface area contributed by atoms with Crippen LogP contribution in [0.2, 0.25) is 0 Å². The zero-order valence-electron chi connectivity index (χ0n) is 33.5. The predicted octanol–water partition coefficient (Wildman–Crippen LogP) is 13.9. The van der Waals surface area contributed by atoms with Crippen molar-refractivity contribution in [3.63, 3.8) is 0 Å². The Labute approximate surface area is 356 Å². The van der Waals surface area contributed by atoms with Gasteiger partial charge in [-0.15, -0.1) is 5.10 Å². The van der Waals surface area contributed by atoms with Crippen molar-refractivity contribution in [1.82, 2.24) is 28.7 Å². The fourth-order valence-electron chi connectivity index (χ4n) is 9.94. The lowest BCUT2D eigenvalue weighted by molar-refractivity contribution is 0.810. The molecule has 0 fully saturated rings. The summed E-state index contributed by atoms with van der Waals surface area (Å²) in [6.07, 6.45) is 0. The van der Waals surface area contributed by atoms with Gasteiger partial charge in [-0.3, -0.25) is 0 Å². The Morgan fingerprint density at radius 3 is 1.52 bits per heavy atom. The lowest BCUT2D eigenvalue weighted by Crippen LogP contribution is -2.04. The van der Waals surface area contributed by atoms with Gasteiger partial charge >= 0.3 is 0 Å². The third kappa shape index (κ3) is 4.98. The molecule has 0 bridgehead atoms. The fraction of sp³-hybridized carbons (Fsp3) is 0. The Kier molecular flexibility index (Phi) is 7.50. The minimum atomic E-state index is 0.838. The van der Waals surface area contributed by atoms with Crippen LogP contribution in [0.15, 0.2) is 218 Å². The third-order valence-electron chi connectivity index (χ3n) is 12.5. The Balaban J connectivity index is 1.08. The molecule has 13 rings (SSSR count). The van der Waals surface area contributed by atoms with Gasteiger partial charge in [0.15, 0.2) is 0 Å². The van der Waals surface area contributed by atoms with Crippen LogP contribution >= 0.6 is 0 Å². The number of para-hydroxylation sites is 5. The first-order valence-corrected chi connectivity index (χ1v) is 21.0. The van der Waals surface area contributed by atoms with Crippen molar-refractivity contribution in [3.8, 4) is 45.3 Å². The van der Waals surface area contributed by atoms with E-state index in [4.69, 9.17) is 10.3 Å². The SMILES string of the molecule is c1ccc(-c2nnn(-c3cccc4c5ccccc5n(-c5cccc(-n6c7ccccc7c7c6ccc6c8ccccc8n(-c8ccccc8)c67)c5)c34)c2-c2ccccc2)cc1. The van der Waals surface area contributed by atoms with Crippen LogP contribution in [0.3, 0.4) is 0 Å². The predicted molar refractivity (Wildman–Crippen MR) is 255 cm³/mol. The molecule has 0 radical (unpaired) electrons. The van der Waals surface area contributed by atoms with Gasteiger partial charge in [0.25, 0.3) is 0 Å². The third-order valence-corrected chi connectivity index (χ3v) is 12.5. The van der Waals surface area contributed by atoms with E-state index in [0.29, 0.717) is 0 Å². The van der Waals surface area contributed by atoms with Crippen LogP contribution < -0.4 is 0 Å². The van der Waals surface area contributed by atoms with Crippen LogP contribution in [0.5, 0.6) is 0 Å². The number of aromatic nitrogens is 6. The molecule has 0 aliphatic heterocycles. The zero-order valence-corrected chi connectivity index (χ0v) is 33.5. The summed E-state index contributed by atoms with van der Waals surface area (Å²) < 4.78 is 9.31. The normalized spacial score (nSPS) is 11.9. The first-order valence-electron chi connectivity index (χ1n) is 21.0. The van der Waals surface area contributed by atoms with E-state index in [1.807, 2.05) is 16.8 Å². The van der Waals surface area contributed by atoms with E-state index < -0.39 is 0 Å². The van der Waals surface area contributed by atoms with Gasteiger partial charge in [-0.1, -0.05) is 163 Å². The van der Waals surface area contributed by atoms with Crippen molar-refractivity contribution < 1.29 is 0 Å². The molecule has 6 heteroatoms. The lowest BCUT2D eigenvalue weighted by atomic mass is 10.0. The van der Waals surface area contributed by atoms with Crippen molar-refractivity contribution in [1.29, 1.82) is 0 Å². The summed E-state index contributed by atoms with van der Waals surface area (Å²) in [5.41, 5.74) is 15.0. The summed E-state index contributed by atoms with van der Waals surface area (Å²) in [4.78, 5) is 0. The van der Waals surface area contributed by atoms with E-state index >= 15 is 0 Å². The fourth-order valence-corrected chi connectivity index (χ4v) is 9.94. The van der Waals surface area contributed by atoms with E-state index in [1.54, 1.807) is 0 Å². The smallest absolute Gasteiger partial charge is 0.121 e. The maximum absolute atomic E-state index is 4.94. The van der Waals surface area contributed by atoms with Gasteiger partial charge in [0, 0.05) is 60.5 Å². The zero-order chi connectivity index (χ0) is 40.7. The minimum Gasteiger partial charge on any atom is -0.309 e. The standard InChI is InChI=1S/C56H36N6/c1-4-18-37(19-5-1)53-54(38-20-6-2-7-21-38)62(58-57-53)51-33-17-29-44-42-26-10-14-31-48(42)61(55(44)51)41-25-16-24-40(36-41)59-49-32-15-12-28-46(49)52-50(59)35-34-45-43-27-11-13-30-47(43)60(56(45)52)39-22-8-3-9-23-39/h1-36H. The molecule has 0 saturated heterocycles. The highest BCUT2D eigenvalue weighted by Gasteiger charge is 2.24. The van der Waals surface area contributed by atoms with Crippen LogP contribution in [0.1, 0.15) is 0 Å². The molecule has 4 heterocycles. The summed E-state index contributed by atoms with van der Waals surface area (Å²) in [5.74, 6) is 0. The van der Waals surface area contributed by atoms with Gasteiger partial charge in [-0.2, -0.15) is 0 Å². The number of rotatable bonds is 6. The van der Waals surface area contributed by atoms with Crippen molar-refractivity contribution in [2.45, 2.75) is 0 Å². The molecule has 13 aromatic rings. The molecule has 6 nitrogen and oxygen atoms in total. The number of fused-ring (bicyclic) bond motifs is 10. The van der Waals surface area contributed by atoms with Crippen molar-refractivity contribution in [2.24, 2.45) is 0 Å². The van der Waals surface area contributed by atoms with E-state index in [0.717, 1.165) is 72.7 Å². The van der Waals surface area contributed by atoms with Crippen molar-refractivity contribution in [2.75, 3.05) is 0 Å². The van der Waals surface area contributed by atoms with Crippen LogP contribution in [0.25, 0.3) is 111 Å². The van der Waals surface area contributed by atoms with Crippen LogP contribution in [0, 0.1) is 0 Å². The molecule has 0 N–H and O–H groups in total. The first kappa shape index (κ1) is 34.4.